The molecule has 0 amide bonds. The van der Waals surface area contributed by atoms with Crippen LogP contribution in [0.4, 0.5) is 8.78 Å². The summed E-state index contributed by atoms with van der Waals surface area (Å²) in [5.41, 5.74) is 0.256. The SMILES string of the molecule is CCC1(C(Cl)c2cc(F)ccc2F)CCCC1. The van der Waals surface area contributed by atoms with Crippen LogP contribution in [0.25, 0.3) is 0 Å². The second-order valence-corrected chi connectivity index (χ2v) is 5.39. The predicted octanol–water partition coefficient (Wildman–Crippen LogP) is 5.22. The molecule has 3 heteroatoms. The molecule has 94 valence electrons. The van der Waals surface area contributed by atoms with Gasteiger partial charge in [0.2, 0.25) is 0 Å². The van der Waals surface area contributed by atoms with Gasteiger partial charge < -0.3 is 0 Å². The first kappa shape index (κ1) is 12.8. The molecule has 1 atom stereocenters. The molecule has 0 N–H and O–H groups in total. The second kappa shape index (κ2) is 4.93. The Hall–Kier alpha value is -0.630. The van der Waals surface area contributed by atoms with Gasteiger partial charge in [-0.05, 0) is 42.9 Å². The fourth-order valence-electron chi connectivity index (χ4n) is 2.90. The highest BCUT2D eigenvalue weighted by Gasteiger charge is 2.40. The average Bonchev–Trinajstić information content (AvgIpc) is 2.81. The molecule has 0 heterocycles. The van der Waals surface area contributed by atoms with Crippen LogP contribution in [0.15, 0.2) is 18.2 Å². The van der Waals surface area contributed by atoms with E-state index in [0.717, 1.165) is 38.2 Å². The van der Waals surface area contributed by atoms with Gasteiger partial charge in [-0.15, -0.1) is 11.6 Å². The zero-order valence-electron chi connectivity index (χ0n) is 9.98. The zero-order valence-corrected chi connectivity index (χ0v) is 10.7. The van der Waals surface area contributed by atoms with E-state index in [0.29, 0.717) is 5.56 Å². The molecule has 1 aromatic rings. The van der Waals surface area contributed by atoms with Crippen molar-refractivity contribution >= 4 is 11.6 Å². The lowest BCUT2D eigenvalue weighted by Gasteiger charge is -2.33. The normalized spacial score (nSPS) is 20.5. The first-order valence-corrected chi connectivity index (χ1v) is 6.62. The standard InChI is InChI=1S/C14H17ClF2/c1-2-14(7-3-4-8-14)13(15)11-9-10(16)5-6-12(11)17/h5-6,9,13H,2-4,7-8H2,1H3. The van der Waals surface area contributed by atoms with Crippen molar-refractivity contribution in [3.63, 3.8) is 0 Å². The van der Waals surface area contributed by atoms with E-state index in [1.54, 1.807) is 0 Å². The van der Waals surface area contributed by atoms with Crippen molar-refractivity contribution < 1.29 is 8.78 Å². The molecule has 0 aliphatic heterocycles. The van der Waals surface area contributed by atoms with Gasteiger partial charge in [-0.2, -0.15) is 0 Å². The smallest absolute Gasteiger partial charge is 0.128 e. The molecule has 0 radical (unpaired) electrons. The highest BCUT2D eigenvalue weighted by atomic mass is 35.5. The van der Waals surface area contributed by atoms with Crippen molar-refractivity contribution in [2.24, 2.45) is 5.41 Å². The largest absolute Gasteiger partial charge is 0.207 e. The summed E-state index contributed by atoms with van der Waals surface area (Å²) in [4.78, 5) is 0. The number of benzene rings is 1. The molecule has 1 unspecified atom stereocenters. The van der Waals surface area contributed by atoms with Crippen LogP contribution in [0.5, 0.6) is 0 Å². The third-order valence-electron chi connectivity index (χ3n) is 4.07. The number of hydrogen-bond donors (Lipinski definition) is 0. The van der Waals surface area contributed by atoms with Gasteiger partial charge in [-0.25, -0.2) is 8.78 Å². The van der Waals surface area contributed by atoms with Gasteiger partial charge in [0, 0.05) is 5.56 Å². The Labute approximate surface area is 106 Å². The molecule has 1 aliphatic carbocycles. The van der Waals surface area contributed by atoms with Crippen LogP contribution in [0.3, 0.4) is 0 Å². The van der Waals surface area contributed by atoms with E-state index in [9.17, 15) is 8.78 Å². The fraction of sp³-hybridized carbons (Fsp3) is 0.571. The maximum absolute atomic E-state index is 13.7. The van der Waals surface area contributed by atoms with Crippen molar-refractivity contribution in [3.8, 4) is 0 Å². The van der Waals surface area contributed by atoms with E-state index >= 15 is 0 Å². The highest BCUT2D eigenvalue weighted by Crippen LogP contribution is 2.53. The van der Waals surface area contributed by atoms with Gasteiger partial charge >= 0.3 is 0 Å². The van der Waals surface area contributed by atoms with Crippen molar-refractivity contribution in [2.75, 3.05) is 0 Å². The third-order valence-corrected chi connectivity index (χ3v) is 4.77. The topological polar surface area (TPSA) is 0 Å². The number of hydrogen-bond acceptors (Lipinski definition) is 0. The van der Waals surface area contributed by atoms with Gasteiger partial charge in [0.05, 0.1) is 5.38 Å². The lowest BCUT2D eigenvalue weighted by molar-refractivity contribution is 0.267. The average molecular weight is 259 g/mol. The molecule has 1 saturated carbocycles. The molecule has 1 aliphatic rings. The Morgan fingerprint density at radius 1 is 1.29 bits per heavy atom. The van der Waals surface area contributed by atoms with E-state index in [-0.39, 0.29) is 5.41 Å². The first-order chi connectivity index (χ1) is 8.09. The summed E-state index contributed by atoms with van der Waals surface area (Å²) in [6, 6.07) is 3.54. The van der Waals surface area contributed by atoms with Crippen LogP contribution < -0.4 is 0 Å². The number of rotatable bonds is 3. The van der Waals surface area contributed by atoms with Crippen LogP contribution in [-0.2, 0) is 0 Å². The van der Waals surface area contributed by atoms with E-state index in [1.165, 1.54) is 12.1 Å². The minimum absolute atomic E-state index is 0.0593. The molecule has 17 heavy (non-hydrogen) atoms. The molecule has 0 bridgehead atoms. The Morgan fingerprint density at radius 2 is 1.94 bits per heavy atom. The van der Waals surface area contributed by atoms with Crippen molar-refractivity contribution in [1.29, 1.82) is 0 Å². The van der Waals surface area contributed by atoms with E-state index < -0.39 is 17.0 Å². The second-order valence-electron chi connectivity index (χ2n) is 4.95. The predicted molar refractivity (Wildman–Crippen MR) is 66.1 cm³/mol. The minimum Gasteiger partial charge on any atom is -0.207 e. The summed E-state index contributed by atoms with van der Waals surface area (Å²) in [6.45, 7) is 2.08. The van der Waals surface area contributed by atoms with Crippen LogP contribution in [0, 0.1) is 17.0 Å². The Morgan fingerprint density at radius 3 is 2.53 bits per heavy atom. The van der Waals surface area contributed by atoms with Crippen LogP contribution >= 0.6 is 11.6 Å². The van der Waals surface area contributed by atoms with Crippen LogP contribution in [-0.4, -0.2) is 0 Å². The van der Waals surface area contributed by atoms with Crippen LogP contribution in [0.1, 0.15) is 50.0 Å². The van der Waals surface area contributed by atoms with Gasteiger partial charge in [0.15, 0.2) is 0 Å². The number of alkyl halides is 1. The monoisotopic (exact) mass is 258 g/mol. The molecule has 1 aromatic carbocycles. The summed E-state index contributed by atoms with van der Waals surface area (Å²) in [7, 11) is 0. The van der Waals surface area contributed by atoms with Gasteiger partial charge in [0.1, 0.15) is 11.6 Å². The van der Waals surface area contributed by atoms with Gasteiger partial charge in [-0.1, -0.05) is 19.8 Å². The summed E-state index contributed by atoms with van der Waals surface area (Å²) in [5, 5.41) is -0.425. The number of halogens is 3. The molecule has 2 rings (SSSR count). The van der Waals surface area contributed by atoms with Gasteiger partial charge in [0.25, 0.3) is 0 Å². The Kier molecular flexibility index (Phi) is 3.72. The molecule has 0 nitrogen and oxygen atoms in total. The fourth-order valence-corrected chi connectivity index (χ4v) is 3.44. The van der Waals surface area contributed by atoms with Crippen molar-refractivity contribution in [3.05, 3.63) is 35.4 Å². The summed E-state index contributed by atoms with van der Waals surface area (Å²) < 4.78 is 26.9. The Balaban J connectivity index is 2.35. The van der Waals surface area contributed by atoms with Crippen molar-refractivity contribution in [2.45, 2.75) is 44.4 Å². The molecule has 1 fully saturated rings. The molecule has 0 saturated heterocycles. The van der Waals surface area contributed by atoms with E-state index in [2.05, 4.69) is 6.92 Å². The lowest BCUT2D eigenvalue weighted by atomic mass is 9.77. The quantitative estimate of drug-likeness (QED) is 0.653. The minimum atomic E-state index is -0.425. The van der Waals surface area contributed by atoms with E-state index in [4.69, 9.17) is 11.6 Å². The van der Waals surface area contributed by atoms with E-state index in [1.807, 2.05) is 0 Å². The maximum Gasteiger partial charge on any atom is 0.128 e. The Bertz CT molecular complexity index is 397. The van der Waals surface area contributed by atoms with Crippen molar-refractivity contribution in [1.82, 2.24) is 0 Å². The zero-order chi connectivity index (χ0) is 12.5. The third kappa shape index (κ3) is 2.33. The lowest BCUT2D eigenvalue weighted by Crippen LogP contribution is -2.22. The molecule has 0 spiro atoms. The maximum atomic E-state index is 13.7. The molecular formula is C14H17ClF2. The van der Waals surface area contributed by atoms with Crippen LogP contribution in [0.2, 0.25) is 0 Å². The molecule has 0 aromatic heterocycles. The highest BCUT2D eigenvalue weighted by molar-refractivity contribution is 6.21. The summed E-state index contributed by atoms with van der Waals surface area (Å²) in [5.74, 6) is -0.817. The summed E-state index contributed by atoms with van der Waals surface area (Å²) >= 11 is 6.44. The molecular weight excluding hydrogens is 242 g/mol. The van der Waals surface area contributed by atoms with Gasteiger partial charge in [-0.3, -0.25) is 0 Å². The summed E-state index contributed by atoms with van der Waals surface area (Å²) in [6.07, 6.45) is 5.19. The first-order valence-electron chi connectivity index (χ1n) is 6.18.